The molecule has 4 heterocycles. The monoisotopic (exact) mass is 538 g/mol. The second kappa shape index (κ2) is 9.00. The molecule has 1 aliphatic heterocycles. The van der Waals surface area contributed by atoms with Crippen molar-refractivity contribution < 1.29 is 4.92 Å². The lowest BCUT2D eigenvalue weighted by Gasteiger charge is -2.21. The summed E-state index contributed by atoms with van der Waals surface area (Å²) >= 11 is 9.20. The first-order valence-electron chi connectivity index (χ1n) is 11.2. The maximum atomic E-state index is 13.9. The molecule has 0 N–H and O–H groups in total. The third kappa shape index (κ3) is 3.88. The Morgan fingerprint density at radius 2 is 1.89 bits per heavy atom. The molecule has 0 saturated heterocycles. The van der Waals surface area contributed by atoms with E-state index in [2.05, 4.69) is 22.1 Å². The normalized spacial score (nSPS) is 13.9. The van der Waals surface area contributed by atoms with Crippen LogP contribution < -0.4 is 5.56 Å². The van der Waals surface area contributed by atoms with E-state index in [1.165, 1.54) is 28.8 Å². The molecule has 36 heavy (non-hydrogen) atoms. The Kier molecular flexibility index (Phi) is 5.79. The first kappa shape index (κ1) is 23.2. The molecule has 0 spiro atoms. The molecule has 0 bridgehead atoms. The van der Waals surface area contributed by atoms with Crippen molar-refractivity contribution >= 4 is 56.4 Å². The number of aromatic nitrogens is 4. The third-order valence-corrected chi connectivity index (χ3v) is 8.72. The molecule has 0 radical (unpaired) electrons. The predicted molar refractivity (Wildman–Crippen MR) is 142 cm³/mol. The SMILES string of the molecule is CN1CCc2c(sc3c2c(=O)n(-c2ccc(Cl)cc2)c2nnc(SCc4ccc([N+](=O)[O-])cc4)n32)C1. The summed E-state index contributed by atoms with van der Waals surface area (Å²) in [6, 6.07) is 13.6. The standard InChI is InChI=1S/C24H19ClN6O3S2/c1-28-11-10-18-19(12-28)36-22-20(18)21(32)29(16-8-4-15(25)5-9-16)23-26-27-24(30(22)23)35-13-14-2-6-17(7-3-14)31(33)34/h2-9H,10-13H2,1H3. The number of hydrogen-bond acceptors (Lipinski definition) is 8. The summed E-state index contributed by atoms with van der Waals surface area (Å²) in [6.45, 7) is 1.69. The van der Waals surface area contributed by atoms with E-state index >= 15 is 0 Å². The zero-order valence-corrected chi connectivity index (χ0v) is 21.4. The molecule has 0 saturated carbocycles. The third-order valence-electron chi connectivity index (χ3n) is 6.27. The van der Waals surface area contributed by atoms with Gasteiger partial charge in [-0.1, -0.05) is 35.5 Å². The van der Waals surface area contributed by atoms with E-state index < -0.39 is 4.92 Å². The Bertz CT molecular complexity index is 1690. The highest BCUT2D eigenvalue weighted by atomic mass is 35.5. The minimum Gasteiger partial charge on any atom is -0.301 e. The zero-order chi connectivity index (χ0) is 25.0. The number of nitrogens with zero attached hydrogens (tertiary/aromatic N) is 6. The van der Waals surface area contributed by atoms with Crippen LogP contribution in [-0.2, 0) is 18.7 Å². The van der Waals surface area contributed by atoms with Crippen LogP contribution in [0.5, 0.6) is 0 Å². The number of nitro benzene ring substituents is 1. The van der Waals surface area contributed by atoms with Gasteiger partial charge in [-0.2, -0.15) is 0 Å². The van der Waals surface area contributed by atoms with Gasteiger partial charge in [0.25, 0.3) is 11.2 Å². The minimum atomic E-state index is -0.411. The minimum absolute atomic E-state index is 0.0551. The van der Waals surface area contributed by atoms with Crippen molar-refractivity contribution in [2.45, 2.75) is 23.9 Å². The van der Waals surface area contributed by atoms with Gasteiger partial charge < -0.3 is 4.90 Å². The molecule has 0 amide bonds. The number of non-ortho nitro benzene ring substituents is 1. The lowest BCUT2D eigenvalue weighted by molar-refractivity contribution is -0.384. The van der Waals surface area contributed by atoms with Crippen molar-refractivity contribution in [2.24, 2.45) is 0 Å². The van der Waals surface area contributed by atoms with E-state index in [1.807, 2.05) is 4.40 Å². The molecule has 9 nitrogen and oxygen atoms in total. The van der Waals surface area contributed by atoms with Crippen LogP contribution in [0.1, 0.15) is 16.0 Å². The molecular formula is C24H19ClN6O3S2. The summed E-state index contributed by atoms with van der Waals surface area (Å²) in [5, 5.41) is 21.8. The molecule has 0 unspecified atom stereocenters. The summed E-state index contributed by atoms with van der Waals surface area (Å²) in [4.78, 5) is 28.7. The maximum absolute atomic E-state index is 13.9. The lowest BCUT2D eigenvalue weighted by atomic mass is 10.1. The fourth-order valence-electron chi connectivity index (χ4n) is 4.46. The van der Waals surface area contributed by atoms with Crippen LogP contribution in [0.4, 0.5) is 5.69 Å². The second-order valence-electron chi connectivity index (χ2n) is 8.62. The van der Waals surface area contributed by atoms with Crippen molar-refractivity contribution in [3.63, 3.8) is 0 Å². The number of rotatable bonds is 5. The fourth-order valence-corrected chi connectivity index (χ4v) is 6.95. The molecular weight excluding hydrogens is 520 g/mol. The van der Waals surface area contributed by atoms with Gasteiger partial charge in [0.1, 0.15) is 4.83 Å². The fraction of sp³-hybridized carbons (Fsp3) is 0.208. The van der Waals surface area contributed by atoms with Crippen molar-refractivity contribution in [3.05, 3.63) is 90.0 Å². The Labute approximate surface area is 218 Å². The van der Waals surface area contributed by atoms with Crippen LogP contribution in [0.3, 0.4) is 0 Å². The average molecular weight is 539 g/mol. The lowest BCUT2D eigenvalue weighted by Crippen LogP contribution is -2.27. The van der Waals surface area contributed by atoms with E-state index in [9.17, 15) is 14.9 Å². The Hall–Kier alpha value is -3.25. The van der Waals surface area contributed by atoms with Crippen molar-refractivity contribution in [1.82, 2.24) is 24.1 Å². The number of thiophene rings is 1. The van der Waals surface area contributed by atoms with Gasteiger partial charge in [0.05, 0.1) is 16.0 Å². The van der Waals surface area contributed by atoms with Crippen LogP contribution in [-0.4, -0.2) is 42.6 Å². The van der Waals surface area contributed by atoms with Gasteiger partial charge in [0.15, 0.2) is 5.16 Å². The number of halogens is 1. The van der Waals surface area contributed by atoms with E-state index in [0.717, 1.165) is 35.5 Å². The van der Waals surface area contributed by atoms with Gasteiger partial charge in [-0.05, 0) is 48.9 Å². The van der Waals surface area contributed by atoms with Gasteiger partial charge in [-0.15, -0.1) is 21.5 Å². The van der Waals surface area contributed by atoms with Crippen LogP contribution in [0, 0.1) is 10.1 Å². The molecule has 1 aliphatic rings. The van der Waals surface area contributed by atoms with E-state index in [1.54, 1.807) is 52.3 Å². The maximum Gasteiger partial charge on any atom is 0.269 e. The van der Waals surface area contributed by atoms with Gasteiger partial charge in [-0.3, -0.25) is 14.9 Å². The van der Waals surface area contributed by atoms with Gasteiger partial charge in [-0.25, -0.2) is 8.97 Å². The smallest absolute Gasteiger partial charge is 0.269 e. The van der Waals surface area contributed by atoms with Crippen LogP contribution >= 0.6 is 34.7 Å². The summed E-state index contributed by atoms with van der Waals surface area (Å²) in [5.41, 5.74) is 2.64. The molecule has 3 aromatic heterocycles. The van der Waals surface area contributed by atoms with Crippen molar-refractivity contribution in [2.75, 3.05) is 13.6 Å². The topological polar surface area (TPSA) is 98.6 Å². The highest BCUT2D eigenvalue weighted by molar-refractivity contribution is 7.98. The van der Waals surface area contributed by atoms with Crippen LogP contribution in [0.2, 0.25) is 5.02 Å². The molecule has 0 atom stereocenters. The number of fused-ring (bicyclic) bond motifs is 5. The second-order valence-corrected chi connectivity index (χ2v) is 11.1. The first-order chi connectivity index (χ1) is 17.4. The van der Waals surface area contributed by atoms with E-state index in [0.29, 0.717) is 32.8 Å². The first-order valence-corrected chi connectivity index (χ1v) is 13.3. The number of thioether (sulfide) groups is 1. The van der Waals surface area contributed by atoms with Gasteiger partial charge >= 0.3 is 0 Å². The van der Waals surface area contributed by atoms with Gasteiger partial charge in [0, 0.05) is 40.9 Å². The number of nitro groups is 1. The molecule has 0 aliphatic carbocycles. The summed E-state index contributed by atoms with van der Waals surface area (Å²) in [6.07, 6.45) is 0.806. The average Bonchev–Trinajstić information content (AvgIpc) is 3.45. The number of benzene rings is 2. The van der Waals surface area contributed by atoms with Crippen LogP contribution in [0.15, 0.2) is 58.5 Å². The van der Waals surface area contributed by atoms with Crippen molar-refractivity contribution in [3.8, 4) is 5.69 Å². The largest absolute Gasteiger partial charge is 0.301 e. The molecule has 0 fully saturated rings. The number of hydrogen-bond donors (Lipinski definition) is 0. The summed E-state index contributed by atoms with van der Waals surface area (Å²) in [5.74, 6) is 0.988. The van der Waals surface area contributed by atoms with E-state index in [-0.39, 0.29) is 11.2 Å². The van der Waals surface area contributed by atoms with Crippen molar-refractivity contribution in [1.29, 1.82) is 0 Å². The molecule has 5 aromatic rings. The number of likely N-dealkylation sites (N-methyl/N-ethyl adjacent to an activating group) is 1. The highest BCUT2D eigenvalue weighted by Crippen LogP contribution is 2.36. The predicted octanol–water partition coefficient (Wildman–Crippen LogP) is 4.94. The molecule has 12 heteroatoms. The molecule has 2 aromatic carbocycles. The molecule has 182 valence electrons. The summed E-state index contributed by atoms with van der Waals surface area (Å²) in [7, 11) is 2.08. The highest BCUT2D eigenvalue weighted by Gasteiger charge is 2.26. The zero-order valence-electron chi connectivity index (χ0n) is 19.0. The summed E-state index contributed by atoms with van der Waals surface area (Å²) < 4.78 is 3.57. The Morgan fingerprint density at radius 3 is 2.61 bits per heavy atom. The molecule has 6 rings (SSSR count). The van der Waals surface area contributed by atoms with Crippen LogP contribution in [0.25, 0.3) is 21.7 Å². The quantitative estimate of drug-likeness (QED) is 0.177. The Morgan fingerprint density at radius 1 is 1.14 bits per heavy atom. The van der Waals surface area contributed by atoms with Gasteiger partial charge in [0.2, 0.25) is 5.78 Å². The van der Waals surface area contributed by atoms with E-state index in [4.69, 9.17) is 11.6 Å². The Balaban J connectivity index is 1.52.